The van der Waals surface area contributed by atoms with Gasteiger partial charge in [0.15, 0.2) is 0 Å². The van der Waals surface area contributed by atoms with Crippen molar-refractivity contribution in [2.75, 3.05) is 12.8 Å². The highest BCUT2D eigenvalue weighted by atomic mass is 32.2. The second-order valence-electron chi connectivity index (χ2n) is 1.54. The first kappa shape index (κ1) is 10.5. The molecule has 0 aliphatic heterocycles. The lowest BCUT2D eigenvalue weighted by Crippen LogP contribution is -2.25. The number of nitrogens with zero attached hydrogens (tertiary/aromatic N) is 1. The van der Waals surface area contributed by atoms with Gasteiger partial charge in [-0.25, -0.2) is 4.79 Å². The maximum atomic E-state index is 10.7. The average Bonchev–Trinajstić information content (AvgIpc) is 1.87. The molecule has 0 aromatic rings. The van der Waals surface area contributed by atoms with Crippen LogP contribution < -0.4 is 0 Å². The molecule has 0 N–H and O–H groups in total. The average molecular weight is 194 g/mol. The van der Waals surface area contributed by atoms with Crippen LogP contribution >= 0.6 is 24.0 Å². The Kier molecular flexibility index (Phi) is 4.97. The summed E-state index contributed by atoms with van der Waals surface area (Å²) in [5.41, 5.74) is 0. The molecular formula is C5H8NO3S2. The molecule has 6 heteroatoms. The van der Waals surface area contributed by atoms with Gasteiger partial charge < -0.3 is 4.84 Å². The molecule has 0 amide bonds. The zero-order chi connectivity index (χ0) is 8.85. The van der Waals surface area contributed by atoms with Crippen molar-refractivity contribution in [1.82, 2.24) is 5.06 Å². The molecular weight excluding hydrogens is 186 g/mol. The Balaban J connectivity index is 3.66. The molecule has 0 unspecified atom stereocenters. The predicted molar refractivity (Wildman–Crippen MR) is 45.7 cm³/mol. The molecule has 0 rings (SSSR count). The van der Waals surface area contributed by atoms with Crippen LogP contribution in [0.5, 0.6) is 0 Å². The number of carbonyl (C=O) groups is 1. The van der Waals surface area contributed by atoms with Crippen LogP contribution in [0, 0.1) is 0 Å². The number of carbonyl (C=O) groups excluding carboxylic acids is 1. The van der Waals surface area contributed by atoms with E-state index in [1.54, 1.807) is 6.92 Å². The molecule has 0 aromatic heterocycles. The minimum atomic E-state index is -0.713. The highest BCUT2D eigenvalue weighted by molar-refractivity contribution is 8.13. The molecule has 0 bridgehead atoms. The zero-order valence-electron chi connectivity index (χ0n) is 6.20. The van der Waals surface area contributed by atoms with Crippen molar-refractivity contribution < 1.29 is 14.7 Å². The monoisotopic (exact) mass is 194 g/mol. The highest BCUT2D eigenvalue weighted by Gasteiger charge is 2.10. The molecule has 63 valence electrons. The minimum Gasteiger partial charge on any atom is -0.326 e. The second kappa shape index (κ2) is 5.20. The first-order valence-corrected chi connectivity index (χ1v) is 4.26. The Bertz CT molecular complexity index is 162. The maximum Gasteiger partial charge on any atom is 0.391 e. The molecule has 0 saturated carbocycles. The topological polar surface area (TPSA) is 49.4 Å². The molecule has 1 radical (unpaired) electrons. The summed E-state index contributed by atoms with van der Waals surface area (Å²) in [5, 5.41) is 9.83. The second-order valence-corrected chi connectivity index (χ2v) is 3.09. The van der Waals surface area contributed by atoms with Crippen LogP contribution in [-0.2, 0) is 9.94 Å². The highest BCUT2D eigenvalue weighted by Crippen LogP contribution is 2.05. The normalized spacial score (nSPS) is 8.91. The summed E-state index contributed by atoms with van der Waals surface area (Å²) in [6.07, 6.45) is 0. The van der Waals surface area contributed by atoms with Gasteiger partial charge in [0.25, 0.3) is 0 Å². The minimum absolute atomic E-state index is 0.520. The van der Waals surface area contributed by atoms with Crippen LogP contribution in [0.1, 0.15) is 6.92 Å². The number of hydroxylamine groups is 2. The van der Waals surface area contributed by atoms with Crippen molar-refractivity contribution in [3.05, 3.63) is 0 Å². The lowest BCUT2D eigenvalue weighted by Gasteiger charge is -2.11. The van der Waals surface area contributed by atoms with Crippen molar-refractivity contribution in [3.63, 3.8) is 0 Å². The molecule has 4 nitrogen and oxygen atoms in total. The van der Waals surface area contributed by atoms with Gasteiger partial charge in [0.1, 0.15) is 0 Å². The Morgan fingerprint density at radius 1 is 1.73 bits per heavy atom. The first-order chi connectivity index (χ1) is 5.07. The maximum absolute atomic E-state index is 10.7. The van der Waals surface area contributed by atoms with Gasteiger partial charge in [-0.1, -0.05) is 6.92 Å². The third-order valence-corrected chi connectivity index (χ3v) is 1.59. The molecule has 11 heavy (non-hydrogen) atoms. The summed E-state index contributed by atoms with van der Waals surface area (Å²) < 4.78 is 0. The van der Waals surface area contributed by atoms with Crippen molar-refractivity contribution >= 4 is 34.5 Å². The standard InChI is InChI=1S/C5H8NO3S2/c1-3-11-5(8)9-6(2)4(7)10/h3H2,1-2H3. The summed E-state index contributed by atoms with van der Waals surface area (Å²) in [6, 6.07) is 0. The number of thiocarbonyl (C=S) groups is 1. The van der Waals surface area contributed by atoms with Crippen LogP contribution in [-0.4, -0.2) is 28.3 Å². The Labute approximate surface area is 74.5 Å². The van der Waals surface area contributed by atoms with Gasteiger partial charge in [-0.15, -0.1) is 0 Å². The van der Waals surface area contributed by atoms with Gasteiger partial charge in [0.05, 0.1) is 0 Å². The lowest BCUT2D eigenvalue weighted by atomic mass is 11.0. The molecule has 0 heterocycles. The summed E-state index contributed by atoms with van der Waals surface area (Å²) >= 11 is 5.18. The van der Waals surface area contributed by atoms with Crippen molar-refractivity contribution in [3.8, 4) is 0 Å². The molecule has 0 aliphatic rings. The SMILES string of the molecule is CCSC(=O)ON(C)C([O])=S. The Hall–Kier alpha value is -0.490. The third kappa shape index (κ3) is 4.86. The van der Waals surface area contributed by atoms with E-state index in [0.29, 0.717) is 5.75 Å². The largest absolute Gasteiger partial charge is 0.391 e. The van der Waals surface area contributed by atoms with Gasteiger partial charge in [0.2, 0.25) is 0 Å². The summed E-state index contributed by atoms with van der Waals surface area (Å²) in [7, 11) is 1.30. The molecule has 0 saturated heterocycles. The van der Waals surface area contributed by atoms with E-state index in [1.807, 2.05) is 0 Å². The predicted octanol–water partition coefficient (Wildman–Crippen LogP) is 1.44. The fourth-order valence-electron chi connectivity index (χ4n) is 0.293. The zero-order valence-corrected chi connectivity index (χ0v) is 7.83. The number of rotatable bonds is 1. The fraction of sp³-hybridized carbons (Fsp3) is 0.600. The quantitative estimate of drug-likeness (QED) is 0.467. The van der Waals surface area contributed by atoms with E-state index in [1.165, 1.54) is 7.05 Å². The Morgan fingerprint density at radius 3 is 2.64 bits per heavy atom. The smallest absolute Gasteiger partial charge is 0.326 e. The first-order valence-electron chi connectivity index (χ1n) is 2.87. The van der Waals surface area contributed by atoms with Crippen molar-refractivity contribution in [2.45, 2.75) is 6.92 Å². The van der Waals surface area contributed by atoms with Gasteiger partial charge in [-0.3, -0.25) is 5.11 Å². The van der Waals surface area contributed by atoms with Crippen molar-refractivity contribution in [1.29, 1.82) is 0 Å². The Morgan fingerprint density at radius 2 is 2.27 bits per heavy atom. The van der Waals surface area contributed by atoms with Crippen LogP contribution in [0.15, 0.2) is 0 Å². The van der Waals surface area contributed by atoms with Crippen LogP contribution in [0.25, 0.3) is 0 Å². The summed E-state index contributed by atoms with van der Waals surface area (Å²) in [5.74, 6) is 0.609. The van der Waals surface area contributed by atoms with Crippen LogP contribution in [0.3, 0.4) is 0 Å². The van der Waals surface area contributed by atoms with E-state index in [-0.39, 0.29) is 0 Å². The molecule has 0 atom stereocenters. The van der Waals surface area contributed by atoms with Crippen molar-refractivity contribution in [2.24, 2.45) is 0 Å². The van der Waals surface area contributed by atoms with Crippen LogP contribution in [0.4, 0.5) is 4.79 Å². The third-order valence-electron chi connectivity index (χ3n) is 0.731. The van der Waals surface area contributed by atoms with E-state index < -0.39 is 10.5 Å². The van der Waals surface area contributed by atoms with Gasteiger partial charge in [-0.2, -0.15) is 5.06 Å². The van der Waals surface area contributed by atoms with Gasteiger partial charge >= 0.3 is 10.5 Å². The fourth-order valence-corrected chi connectivity index (χ4v) is 0.731. The number of hydrogen-bond donors (Lipinski definition) is 0. The van der Waals surface area contributed by atoms with E-state index in [0.717, 1.165) is 16.8 Å². The molecule has 0 aromatic carbocycles. The summed E-state index contributed by atoms with van der Waals surface area (Å²) in [6.45, 7) is 1.81. The van der Waals surface area contributed by atoms with Gasteiger partial charge in [-0.05, 0) is 24.0 Å². The van der Waals surface area contributed by atoms with Crippen LogP contribution in [0.2, 0.25) is 0 Å². The molecule has 0 aliphatic carbocycles. The number of thioether (sulfide) groups is 1. The number of hydrogen-bond acceptors (Lipinski definition) is 4. The van der Waals surface area contributed by atoms with Gasteiger partial charge in [0, 0.05) is 12.8 Å². The van der Waals surface area contributed by atoms with E-state index >= 15 is 0 Å². The van der Waals surface area contributed by atoms with E-state index in [2.05, 4.69) is 17.1 Å². The lowest BCUT2D eigenvalue weighted by molar-refractivity contribution is -0.0148. The molecule has 0 spiro atoms. The summed E-state index contributed by atoms with van der Waals surface area (Å²) in [4.78, 5) is 15.1. The van der Waals surface area contributed by atoms with E-state index in [9.17, 15) is 9.90 Å². The molecule has 0 fully saturated rings. The van der Waals surface area contributed by atoms with E-state index in [4.69, 9.17) is 0 Å².